The molecule has 15 heavy (non-hydrogen) atoms. The average Bonchev–Trinajstić information content (AvgIpc) is 2.66. The first-order valence-corrected chi connectivity index (χ1v) is 4.35. The Hall–Kier alpha value is -2.31. The summed E-state index contributed by atoms with van der Waals surface area (Å²) in [5, 5.41) is 2.88. The number of anilines is 1. The molecule has 0 aromatic carbocycles. The molecule has 0 aliphatic rings. The van der Waals surface area contributed by atoms with Gasteiger partial charge in [0.2, 0.25) is 5.95 Å². The predicted octanol–water partition coefficient (Wildman–Crippen LogP) is -0.470. The van der Waals surface area contributed by atoms with Gasteiger partial charge in [0.05, 0.1) is 6.33 Å². The van der Waals surface area contributed by atoms with Crippen molar-refractivity contribution in [2.24, 2.45) is 5.73 Å². The van der Waals surface area contributed by atoms with Crippen molar-refractivity contribution in [2.75, 3.05) is 11.9 Å². The van der Waals surface area contributed by atoms with E-state index in [1.54, 1.807) is 6.08 Å². The van der Waals surface area contributed by atoms with Crippen LogP contribution in [0.15, 0.2) is 23.4 Å². The molecule has 0 unspecified atom stereocenters. The highest BCUT2D eigenvalue weighted by molar-refractivity contribution is 5.69. The van der Waals surface area contributed by atoms with Crippen LogP contribution in [0.1, 0.15) is 0 Å². The van der Waals surface area contributed by atoms with Crippen LogP contribution in [0, 0.1) is 0 Å². The second-order valence-electron chi connectivity index (χ2n) is 2.82. The monoisotopic (exact) mass is 206 g/mol. The summed E-state index contributed by atoms with van der Waals surface area (Å²) in [4.78, 5) is 24.7. The van der Waals surface area contributed by atoms with Gasteiger partial charge in [-0.2, -0.15) is 4.98 Å². The lowest BCUT2D eigenvalue weighted by molar-refractivity contribution is 1.11. The van der Waals surface area contributed by atoms with Crippen LogP contribution in [0.3, 0.4) is 0 Å². The Morgan fingerprint density at radius 1 is 1.60 bits per heavy atom. The van der Waals surface area contributed by atoms with Crippen molar-refractivity contribution in [3.63, 3.8) is 0 Å². The second kappa shape index (κ2) is 3.82. The third-order valence-electron chi connectivity index (χ3n) is 1.82. The molecule has 0 saturated heterocycles. The number of aromatic amines is 2. The van der Waals surface area contributed by atoms with Crippen LogP contribution in [-0.2, 0) is 0 Å². The number of nitrogens with two attached hydrogens (primary N) is 1. The molecule has 5 N–H and O–H groups in total. The maximum atomic E-state index is 11.4. The summed E-state index contributed by atoms with van der Waals surface area (Å²) in [5.41, 5.74) is 5.67. The van der Waals surface area contributed by atoms with Gasteiger partial charge in [-0.3, -0.25) is 9.78 Å². The molecule has 0 atom stereocenters. The highest BCUT2D eigenvalue weighted by atomic mass is 16.1. The lowest BCUT2D eigenvalue weighted by Gasteiger charge is -2.00. The first kappa shape index (κ1) is 9.25. The van der Waals surface area contributed by atoms with E-state index in [1.165, 1.54) is 12.5 Å². The molecule has 2 aromatic heterocycles. The van der Waals surface area contributed by atoms with E-state index in [2.05, 4.69) is 25.3 Å². The third kappa shape index (κ3) is 1.80. The van der Waals surface area contributed by atoms with E-state index in [1.807, 2.05) is 0 Å². The van der Waals surface area contributed by atoms with Crippen molar-refractivity contribution in [1.29, 1.82) is 0 Å². The van der Waals surface area contributed by atoms with Crippen LogP contribution in [-0.4, -0.2) is 26.5 Å². The quantitative estimate of drug-likeness (QED) is 0.542. The molecule has 0 aliphatic heterocycles. The fourth-order valence-electron chi connectivity index (χ4n) is 1.15. The number of nitrogens with zero attached hydrogens (tertiary/aromatic N) is 2. The van der Waals surface area contributed by atoms with Gasteiger partial charge in [-0.25, -0.2) is 4.98 Å². The number of H-pyrrole nitrogens is 2. The normalized spacial score (nSPS) is 11.2. The Bertz CT molecular complexity index is 539. The number of fused-ring (bicyclic) bond motifs is 1. The van der Waals surface area contributed by atoms with Crippen LogP contribution < -0.4 is 16.6 Å². The van der Waals surface area contributed by atoms with E-state index >= 15 is 0 Å². The molecule has 0 spiro atoms. The zero-order valence-corrected chi connectivity index (χ0v) is 7.82. The van der Waals surface area contributed by atoms with E-state index in [-0.39, 0.29) is 5.56 Å². The van der Waals surface area contributed by atoms with Crippen molar-refractivity contribution < 1.29 is 0 Å². The molecular formula is C8H10N6O. The fraction of sp³-hybridized carbons (Fsp3) is 0.125. The average molecular weight is 206 g/mol. The van der Waals surface area contributed by atoms with Crippen molar-refractivity contribution >= 4 is 17.1 Å². The first-order valence-electron chi connectivity index (χ1n) is 4.35. The van der Waals surface area contributed by atoms with E-state index in [4.69, 9.17) is 5.73 Å². The van der Waals surface area contributed by atoms with E-state index < -0.39 is 0 Å². The maximum absolute atomic E-state index is 11.4. The molecular weight excluding hydrogens is 196 g/mol. The van der Waals surface area contributed by atoms with Gasteiger partial charge in [0.15, 0.2) is 11.2 Å². The minimum absolute atomic E-state index is 0.253. The van der Waals surface area contributed by atoms with Gasteiger partial charge in [-0.15, -0.1) is 0 Å². The molecule has 2 rings (SSSR count). The smallest absolute Gasteiger partial charge is 0.278 e. The molecule has 0 bridgehead atoms. The van der Waals surface area contributed by atoms with Crippen LogP contribution in [0.5, 0.6) is 0 Å². The van der Waals surface area contributed by atoms with Gasteiger partial charge < -0.3 is 16.0 Å². The minimum Gasteiger partial charge on any atom is -0.405 e. The molecule has 78 valence electrons. The molecule has 2 aromatic rings. The Morgan fingerprint density at radius 2 is 2.47 bits per heavy atom. The van der Waals surface area contributed by atoms with Crippen LogP contribution in [0.25, 0.3) is 11.2 Å². The number of hydrogen-bond acceptors (Lipinski definition) is 5. The first-order chi connectivity index (χ1) is 7.31. The van der Waals surface area contributed by atoms with Gasteiger partial charge in [0.1, 0.15) is 0 Å². The predicted molar refractivity (Wildman–Crippen MR) is 56.3 cm³/mol. The van der Waals surface area contributed by atoms with Crippen molar-refractivity contribution in [3.8, 4) is 0 Å². The Labute approximate surface area is 84.4 Å². The Balaban J connectivity index is 2.32. The van der Waals surface area contributed by atoms with Crippen LogP contribution in [0.4, 0.5) is 5.95 Å². The standard InChI is InChI=1S/C8H10N6O/c9-2-1-3-10-8-13-6-5(7(15)14-8)11-4-12-6/h1-2,4H,3,9H2,(H3,10,11,12,13,14,15). The zero-order valence-electron chi connectivity index (χ0n) is 7.82. The van der Waals surface area contributed by atoms with Gasteiger partial charge >= 0.3 is 0 Å². The van der Waals surface area contributed by atoms with Crippen molar-refractivity contribution in [2.45, 2.75) is 0 Å². The molecule has 0 radical (unpaired) electrons. The third-order valence-corrected chi connectivity index (χ3v) is 1.82. The largest absolute Gasteiger partial charge is 0.405 e. The van der Waals surface area contributed by atoms with Crippen LogP contribution >= 0.6 is 0 Å². The summed E-state index contributed by atoms with van der Waals surface area (Å²) < 4.78 is 0. The number of imidazole rings is 1. The van der Waals surface area contributed by atoms with E-state index in [0.717, 1.165) is 0 Å². The lowest BCUT2D eigenvalue weighted by atomic mass is 10.5. The summed E-state index contributed by atoms with van der Waals surface area (Å²) in [6.45, 7) is 0.495. The number of hydrogen-bond donors (Lipinski definition) is 4. The number of nitrogens with one attached hydrogen (secondary N) is 3. The molecule has 0 amide bonds. The van der Waals surface area contributed by atoms with Gasteiger partial charge in [-0.05, 0) is 12.3 Å². The summed E-state index contributed by atoms with van der Waals surface area (Å²) >= 11 is 0. The molecule has 7 nitrogen and oxygen atoms in total. The van der Waals surface area contributed by atoms with Gasteiger partial charge in [-0.1, -0.05) is 0 Å². The summed E-state index contributed by atoms with van der Waals surface area (Å²) in [6, 6.07) is 0. The van der Waals surface area contributed by atoms with Gasteiger partial charge in [0, 0.05) is 6.54 Å². The number of aromatic nitrogens is 4. The maximum Gasteiger partial charge on any atom is 0.278 e. The summed E-state index contributed by atoms with van der Waals surface area (Å²) in [5.74, 6) is 0.373. The highest BCUT2D eigenvalue weighted by Crippen LogP contribution is 2.01. The Morgan fingerprint density at radius 3 is 3.27 bits per heavy atom. The minimum atomic E-state index is -0.253. The van der Waals surface area contributed by atoms with Crippen LogP contribution in [0.2, 0.25) is 0 Å². The molecule has 0 aliphatic carbocycles. The molecule has 0 saturated carbocycles. The second-order valence-corrected chi connectivity index (χ2v) is 2.82. The summed E-state index contributed by atoms with van der Waals surface area (Å²) in [7, 11) is 0. The van der Waals surface area contributed by atoms with Crippen molar-refractivity contribution in [3.05, 3.63) is 29.0 Å². The number of rotatable bonds is 3. The topological polar surface area (TPSA) is 112 Å². The van der Waals surface area contributed by atoms with E-state index in [0.29, 0.717) is 23.7 Å². The highest BCUT2D eigenvalue weighted by Gasteiger charge is 2.03. The summed E-state index contributed by atoms with van der Waals surface area (Å²) in [6.07, 6.45) is 4.55. The molecule has 0 fully saturated rings. The Kier molecular flexibility index (Phi) is 2.36. The van der Waals surface area contributed by atoms with E-state index in [9.17, 15) is 4.79 Å². The zero-order chi connectivity index (χ0) is 10.7. The SMILES string of the molecule is NC=CCNc1nc2nc[nH]c2c(=O)[nH]1. The lowest BCUT2D eigenvalue weighted by Crippen LogP contribution is -2.13. The fourth-order valence-corrected chi connectivity index (χ4v) is 1.15. The van der Waals surface area contributed by atoms with Gasteiger partial charge in [0.25, 0.3) is 5.56 Å². The molecule has 7 heteroatoms. The van der Waals surface area contributed by atoms with Crippen molar-refractivity contribution in [1.82, 2.24) is 19.9 Å². The molecule has 2 heterocycles.